The van der Waals surface area contributed by atoms with Gasteiger partial charge in [0.05, 0.1) is 11.4 Å². The fraction of sp³-hybridized carbons (Fsp3) is 0.308. The van der Waals surface area contributed by atoms with Crippen LogP contribution >= 0.6 is 0 Å². The summed E-state index contributed by atoms with van der Waals surface area (Å²) in [5, 5.41) is 0. The van der Waals surface area contributed by atoms with Crippen molar-refractivity contribution >= 4 is 46.2 Å². The number of aryl methyl sites for hydroxylation is 1. The van der Waals surface area contributed by atoms with Gasteiger partial charge in [0.1, 0.15) is 0 Å². The Kier molecular flexibility index (Phi) is 7.05. The number of hydrogen-bond donors (Lipinski definition) is 0. The van der Waals surface area contributed by atoms with Gasteiger partial charge in [-0.1, -0.05) is 131 Å². The molecule has 0 bridgehead atoms. The van der Waals surface area contributed by atoms with Crippen LogP contribution in [0.3, 0.4) is 0 Å². The molecule has 4 aliphatic rings. The second-order valence-corrected chi connectivity index (χ2v) is 20.4. The van der Waals surface area contributed by atoms with Crippen LogP contribution in [-0.2, 0) is 21.7 Å². The topological polar surface area (TPSA) is 15.7 Å². The van der Waals surface area contributed by atoms with Crippen molar-refractivity contribution in [1.82, 2.24) is 0 Å². The fourth-order valence-corrected chi connectivity index (χ4v) is 9.92. The van der Waals surface area contributed by atoms with Gasteiger partial charge in [-0.3, -0.25) is 0 Å². The lowest BCUT2D eigenvalue weighted by Crippen LogP contribution is -2.62. The first-order valence-electron chi connectivity index (χ1n) is 20.5. The third kappa shape index (κ3) is 4.90. The van der Waals surface area contributed by atoms with Gasteiger partial charge in [0, 0.05) is 28.0 Å². The zero-order chi connectivity index (χ0) is 39.4. The molecule has 4 heteroatoms. The Bertz CT molecular complexity index is 2660. The molecule has 10 rings (SSSR count). The van der Waals surface area contributed by atoms with E-state index in [1.165, 1.54) is 89.3 Å². The minimum atomic E-state index is -0.141. The third-order valence-corrected chi connectivity index (χ3v) is 13.1. The maximum atomic E-state index is 7.18. The molecule has 0 N–H and O–H groups in total. The van der Waals surface area contributed by atoms with Gasteiger partial charge in [-0.05, 0) is 133 Å². The van der Waals surface area contributed by atoms with E-state index in [-0.39, 0.29) is 28.5 Å². The first kappa shape index (κ1) is 35.2. The van der Waals surface area contributed by atoms with E-state index in [4.69, 9.17) is 4.74 Å². The first-order chi connectivity index (χ1) is 26.3. The molecule has 56 heavy (non-hydrogen) atoms. The highest BCUT2D eigenvalue weighted by atomic mass is 16.5. The molecule has 0 aromatic heterocycles. The largest absolute Gasteiger partial charge is 0.453 e. The Labute approximate surface area is 334 Å². The van der Waals surface area contributed by atoms with Crippen LogP contribution in [0.5, 0.6) is 11.5 Å². The van der Waals surface area contributed by atoms with E-state index in [2.05, 4.69) is 196 Å². The molecule has 0 saturated heterocycles. The van der Waals surface area contributed by atoms with E-state index < -0.39 is 0 Å². The molecule has 0 unspecified atom stereocenters. The van der Waals surface area contributed by atoms with Gasteiger partial charge >= 0.3 is 6.85 Å². The number of nitrogens with zero attached hydrogens (tertiary/aromatic N) is 2. The zero-order valence-electron chi connectivity index (χ0n) is 35.2. The lowest BCUT2D eigenvalue weighted by Gasteiger charge is -2.48. The zero-order valence-corrected chi connectivity index (χ0v) is 35.2. The van der Waals surface area contributed by atoms with Gasteiger partial charge in [-0.2, -0.15) is 0 Å². The number of rotatable bonds is 1. The van der Waals surface area contributed by atoms with Gasteiger partial charge in [-0.15, -0.1) is 0 Å². The van der Waals surface area contributed by atoms with E-state index in [0.29, 0.717) is 0 Å². The van der Waals surface area contributed by atoms with Crippen molar-refractivity contribution in [3.05, 3.63) is 137 Å². The van der Waals surface area contributed by atoms with Crippen LogP contribution in [0.25, 0.3) is 22.3 Å². The molecule has 1 aliphatic carbocycles. The summed E-state index contributed by atoms with van der Waals surface area (Å²) < 4.78 is 7.18. The lowest BCUT2D eigenvalue weighted by molar-refractivity contribution is 0.474. The van der Waals surface area contributed by atoms with Gasteiger partial charge in [-0.25, -0.2) is 0 Å². The number of hydrogen-bond acceptors (Lipinski definition) is 3. The number of ether oxygens (including phenoxy) is 1. The van der Waals surface area contributed by atoms with Gasteiger partial charge in [0.2, 0.25) is 0 Å². The van der Waals surface area contributed by atoms with Crippen molar-refractivity contribution in [3.8, 4) is 33.8 Å². The van der Waals surface area contributed by atoms with Crippen molar-refractivity contribution in [2.75, 3.05) is 9.71 Å². The molecule has 3 aliphatic heterocycles. The normalized spacial score (nSPS) is 15.7. The molecule has 0 radical (unpaired) electrons. The van der Waals surface area contributed by atoms with Crippen molar-refractivity contribution < 1.29 is 4.74 Å². The highest BCUT2D eigenvalue weighted by Gasteiger charge is 2.49. The Morgan fingerprint density at radius 2 is 1.21 bits per heavy atom. The third-order valence-electron chi connectivity index (χ3n) is 13.1. The Morgan fingerprint density at radius 3 is 1.91 bits per heavy atom. The summed E-state index contributed by atoms with van der Waals surface area (Å²) in [7, 11) is 0. The standard InChI is InChI=1S/C52H53BN2O/c1-30-23-37-38-25-33(51(8,9)10)27-46-48(38)55(43-29-40-36(28-45(43)56-46)35-15-13-14-16-39(35)52(40,11)12)53-41-22-19-32(50(5,6)7)26-42(41)54(44(24-30)47(37)53)34-20-17-31(18-21-34)49(2,3)4/h13-29H,1-12H3. The minimum Gasteiger partial charge on any atom is -0.453 e. The monoisotopic (exact) mass is 732 g/mol. The number of benzene rings is 6. The first-order valence-corrected chi connectivity index (χ1v) is 20.5. The second kappa shape index (κ2) is 11.2. The van der Waals surface area contributed by atoms with Crippen LogP contribution in [-0.4, -0.2) is 6.85 Å². The average molecular weight is 733 g/mol. The summed E-state index contributed by atoms with van der Waals surface area (Å²) in [6.07, 6.45) is 0. The summed E-state index contributed by atoms with van der Waals surface area (Å²) in [6.45, 7) is 27.7. The van der Waals surface area contributed by atoms with Crippen LogP contribution in [0.2, 0.25) is 0 Å². The number of fused-ring (bicyclic) bond motifs is 9. The quantitative estimate of drug-likeness (QED) is 0.157. The predicted octanol–water partition coefficient (Wildman–Crippen LogP) is 13.0. The Hall–Kier alpha value is -5.22. The van der Waals surface area contributed by atoms with Crippen LogP contribution in [0, 0.1) is 6.92 Å². The van der Waals surface area contributed by atoms with Gasteiger partial charge in [0.15, 0.2) is 11.5 Å². The summed E-state index contributed by atoms with van der Waals surface area (Å²) in [5.74, 6) is 1.86. The molecule has 280 valence electrons. The minimum absolute atomic E-state index is 0.0166. The van der Waals surface area contributed by atoms with E-state index >= 15 is 0 Å². The van der Waals surface area contributed by atoms with Crippen molar-refractivity contribution in [2.24, 2.45) is 0 Å². The summed E-state index contributed by atoms with van der Waals surface area (Å²) in [6, 6.07) is 40.0. The van der Waals surface area contributed by atoms with Crippen LogP contribution in [0.1, 0.15) is 110 Å². The van der Waals surface area contributed by atoms with Crippen LogP contribution in [0.4, 0.5) is 28.4 Å². The van der Waals surface area contributed by atoms with E-state index in [1.807, 2.05) is 0 Å². The fourth-order valence-electron chi connectivity index (χ4n) is 9.92. The van der Waals surface area contributed by atoms with Crippen LogP contribution < -0.4 is 25.4 Å². The SMILES string of the molecule is Cc1cc2c3c(c1)N(c1ccc(C(C)(C)C)cc1)c1cc(C(C)(C)C)ccc1B3N1c3cc4c(cc3Oc3cc(C(C)(C)C)cc-2c31)-c1ccccc1C4(C)C. The highest BCUT2D eigenvalue weighted by Crippen LogP contribution is 2.60. The van der Waals surface area contributed by atoms with Crippen LogP contribution in [0.15, 0.2) is 103 Å². The maximum Gasteiger partial charge on any atom is 0.333 e. The molecule has 0 fully saturated rings. The Morgan fingerprint density at radius 1 is 0.536 bits per heavy atom. The smallest absolute Gasteiger partial charge is 0.333 e. The summed E-state index contributed by atoms with van der Waals surface area (Å²) in [4.78, 5) is 5.22. The second-order valence-electron chi connectivity index (χ2n) is 20.4. The molecule has 6 aromatic carbocycles. The van der Waals surface area contributed by atoms with E-state index in [9.17, 15) is 0 Å². The average Bonchev–Trinajstić information content (AvgIpc) is 3.35. The predicted molar refractivity (Wildman–Crippen MR) is 239 cm³/mol. The van der Waals surface area contributed by atoms with Gasteiger partial charge in [0.25, 0.3) is 0 Å². The van der Waals surface area contributed by atoms with Crippen molar-refractivity contribution in [1.29, 1.82) is 0 Å². The maximum absolute atomic E-state index is 7.18. The van der Waals surface area contributed by atoms with E-state index in [0.717, 1.165) is 17.2 Å². The molecule has 0 spiro atoms. The number of anilines is 5. The molecule has 0 saturated carbocycles. The molecule has 0 atom stereocenters. The lowest BCUT2D eigenvalue weighted by atomic mass is 9.43. The highest BCUT2D eigenvalue weighted by molar-refractivity contribution is 6.93. The molecule has 3 nitrogen and oxygen atoms in total. The Balaban J connectivity index is 1.31. The molecular formula is C52H53BN2O. The molecule has 3 heterocycles. The summed E-state index contributed by atoms with van der Waals surface area (Å²) >= 11 is 0. The molecular weight excluding hydrogens is 679 g/mol. The van der Waals surface area contributed by atoms with Crippen molar-refractivity contribution in [2.45, 2.75) is 105 Å². The molecule has 6 aromatic rings. The van der Waals surface area contributed by atoms with Crippen molar-refractivity contribution in [3.63, 3.8) is 0 Å². The van der Waals surface area contributed by atoms with E-state index in [1.54, 1.807) is 0 Å². The summed E-state index contributed by atoms with van der Waals surface area (Å²) in [5.41, 5.74) is 21.5. The van der Waals surface area contributed by atoms with Gasteiger partial charge < -0.3 is 14.4 Å². The molecule has 0 amide bonds.